The van der Waals surface area contributed by atoms with Crippen LogP contribution in [0.15, 0.2) is 30.3 Å². The zero-order valence-corrected chi connectivity index (χ0v) is 15.7. The van der Waals surface area contributed by atoms with E-state index in [1.807, 2.05) is 30.3 Å². The first-order valence-corrected chi connectivity index (χ1v) is 9.92. The molecule has 0 spiro atoms. The maximum absolute atomic E-state index is 5.87. The molecule has 0 aliphatic carbocycles. The maximum Gasteiger partial charge on any atom is 0.119 e. The Morgan fingerprint density at radius 3 is 2.00 bits per heavy atom. The molecule has 0 aliphatic heterocycles. The van der Waals surface area contributed by atoms with Crippen LogP contribution in [0.2, 0.25) is 0 Å². The monoisotopic (exact) mass is 318 g/mol. The highest BCUT2D eigenvalue weighted by Gasteiger charge is 2.13. The van der Waals surface area contributed by atoms with E-state index in [0.29, 0.717) is 0 Å². The van der Waals surface area contributed by atoms with Crippen LogP contribution in [0.5, 0.6) is 5.75 Å². The summed E-state index contributed by atoms with van der Waals surface area (Å²) in [6.07, 6.45) is 13.8. The van der Waals surface area contributed by atoms with Crippen molar-refractivity contribution in [2.75, 3.05) is 6.61 Å². The predicted octanol–water partition coefficient (Wildman–Crippen LogP) is 7.26. The molecule has 0 saturated carbocycles. The summed E-state index contributed by atoms with van der Waals surface area (Å²) in [5.74, 6) is 2.57. The predicted molar refractivity (Wildman–Crippen MR) is 102 cm³/mol. The van der Waals surface area contributed by atoms with Crippen molar-refractivity contribution in [2.45, 2.75) is 85.0 Å². The molecule has 0 N–H and O–H groups in total. The molecule has 0 radical (unpaired) electrons. The highest BCUT2D eigenvalue weighted by Crippen LogP contribution is 2.23. The van der Waals surface area contributed by atoms with E-state index in [9.17, 15) is 0 Å². The van der Waals surface area contributed by atoms with Crippen LogP contribution in [-0.2, 0) is 0 Å². The Morgan fingerprint density at radius 2 is 1.39 bits per heavy atom. The van der Waals surface area contributed by atoms with E-state index in [1.165, 1.54) is 64.2 Å². The second kappa shape index (κ2) is 13.5. The first-order chi connectivity index (χ1) is 11.2. The van der Waals surface area contributed by atoms with Gasteiger partial charge in [0.2, 0.25) is 0 Å². The summed E-state index contributed by atoms with van der Waals surface area (Å²) in [7, 11) is 0. The molecule has 0 heterocycles. The summed E-state index contributed by atoms with van der Waals surface area (Å²) in [5, 5.41) is 0. The van der Waals surface area contributed by atoms with Crippen molar-refractivity contribution >= 4 is 0 Å². The van der Waals surface area contributed by atoms with Crippen LogP contribution in [0.1, 0.15) is 85.0 Å². The maximum atomic E-state index is 5.87. The van der Waals surface area contributed by atoms with E-state index in [4.69, 9.17) is 4.74 Å². The van der Waals surface area contributed by atoms with Crippen LogP contribution in [-0.4, -0.2) is 6.61 Å². The lowest BCUT2D eigenvalue weighted by Gasteiger charge is -2.21. The van der Waals surface area contributed by atoms with E-state index >= 15 is 0 Å². The average molecular weight is 319 g/mol. The molecule has 0 aliphatic rings. The topological polar surface area (TPSA) is 9.23 Å². The lowest BCUT2D eigenvalue weighted by Crippen LogP contribution is -2.13. The van der Waals surface area contributed by atoms with E-state index in [2.05, 4.69) is 20.8 Å². The van der Waals surface area contributed by atoms with Crippen molar-refractivity contribution in [2.24, 2.45) is 11.8 Å². The Morgan fingerprint density at radius 1 is 0.783 bits per heavy atom. The SMILES string of the molecule is CCCCCCCCCCC(CCOc1ccccc1)C(C)C. The van der Waals surface area contributed by atoms with Gasteiger partial charge in [0.05, 0.1) is 6.61 Å². The van der Waals surface area contributed by atoms with Crippen LogP contribution in [0.3, 0.4) is 0 Å². The van der Waals surface area contributed by atoms with Crippen LogP contribution in [0, 0.1) is 11.8 Å². The molecule has 23 heavy (non-hydrogen) atoms. The minimum absolute atomic E-state index is 0.763. The second-order valence-electron chi connectivity index (χ2n) is 7.22. The number of hydrogen-bond donors (Lipinski definition) is 0. The molecule has 1 unspecified atom stereocenters. The quantitative estimate of drug-likeness (QED) is 0.328. The van der Waals surface area contributed by atoms with E-state index < -0.39 is 0 Å². The normalized spacial score (nSPS) is 12.5. The Balaban J connectivity index is 2.07. The molecule has 0 aromatic heterocycles. The Bertz CT molecular complexity index is 357. The minimum atomic E-state index is 0.763. The molecular formula is C22H38O. The van der Waals surface area contributed by atoms with Gasteiger partial charge >= 0.3 is 0 Å². The van der Waals surface area contributed by atoms with Gasteiger partial charge in [-0.15, -0.1) is 0 Å². The first kappa shape index (κ1) is 20.1. The summed E-state index contributed by atoms with van der Waals surface area (Å²) in [6, 6.07) is 10.2. The number of benzene rings is 1. The minimum Gasteiger partial charge on any atom is -0.494 e. The Hall–Kier alpha value is -0.980. The molecule has 1 aromatic carbocycles. The van der Waals surface area contributed by atoms with E-state index in [-0.39, 0.29) is 0 Å². The standard InChI is InChI=1S/C22H38O/c1-4-5-6-7-8-9-10-12-15-21(20(2)3)18-19-23-22-16-13-11-14-17-22/h11,13-14,16-17,20-21H,4-10,12,15,18-19H2,1-3H3. The second-order valence-corrected chi connectivity index (χ2v) is 7.22. The van der Waals surface area contributed by atoms with Gasteiger partial charge in [-0.25, -0.2) is 0 Å². The Labute approximate surface area is 144 Å². The first-order valence-electron chi connectivity index (χ1n) is 9.92. The van der Waals surface area contributed by atoms with Crippen molar-refractivity contribution < 1.29 is 4.74 Å². The third kappa shape index (κ3) is 10.4. The van der Waals surface area contributed by atoms with Crippen molar-refractivity contribution in [1.29, 1.82) is 0 Å². The summed E-state index contributed by atoms with van der Waals surface area (Å²) in [4.78, 5) is 0. The van der Waals surface area contributed by atoms with Gasteiger partial charge in [0, 0.05) is 0 Å². The van der Waals surface area contributed by atoms with Gasteiger partial charge in [-0.1, -0.05) is 96.8 Å². The molecule has 1 atom stereocenters. The van der Waals surface area contributed by atoms with Crippen molar-refractivity contribution in [3.8, 4) is 5.75 Å². The smallest absolute Gasteiger partial charge is 0.119 e. The lowest BCUT2D eigenvalue weighted by atomic mass is 9.87. The number of ether oxygens (including phenoxy) is 1. The van der Waals surface area contributed by atoms with Gasteiger partial charge in [-0.2, -0.15) is 0 Å². The summed E-state index contributed by atoms with van der Waals surface area (Å²) >= 11 is 0. The molecule has 1 heteroatoms. The molecule has 1 rings (SSSR count). The largest absolute Gasteiger partial charge is 0.494 e. The Kier molecular flexibility index (Phi) is 11.7. The number of hydrogen-bond acceptors (Lipinski definition) is 1. The van der Waals surface area contributed by atoms with Crippen LogP contribution < -0.4 is 4.74 Å². The van der Waals surface area contributed by atoms with Gasteiger partial charge in [0.15, 0.2) is 0 Å². The zero-order chi connectivity index (χ0) is 16.8. The fraction of sp³-hybridized carbons (Fsp3) is 0.727. The van der Waals surface area contributed by atoms with Gasteiger partial charge < -0.3 is 4.74 Å². The van der Waals surface area contributed by atoms with Crippen molar-refractivity contribution in [3.05, 3.63) is 30.3 Å². The van der Waals surface area contributed by atoms with Crippen LogP contribution in [0.25, 0.3) is 0 Å². The molecule has 0 bridgehead atoms. The lowest BCUT2D eigenvalue weighted by molar-refractivity contribution is 0.236. The summed E-state index contributed by atoms with van der Waals surface area (Å²) in [5.41, 5.74) is 0. The van der Waals surface area contributed by atoms with Crippen molar-refractivity contribution in [1.82, 2.24) is 0 Å². The molecule has 1 nitrogen and oxygen atoms in total. The van der Waals surface area contributed by atoms with Crippen LogP contribution in [0.4, 0.5) is 0 Å². The summed E-state index contributed by atoms with van der Waals surface area (Å²) in [6.45, 7) is 7.85. The van der Waals surface area contributed by atoms with Gasteiger partial charge in [0.25, 0.3) is 0 Å². The molecule has 1 aromatic rings. The third-order valence-corrected chi connectivity index (χ3v) is 4.87. The average Bonchev–Trinajstić information content (AvgIpc) is 2.56. The highest BCUT2D eigenvalue weighted by atomic mass is 16.5. The van der Waals surface area contributed by atoms with Crippen LogP contribution >= 0.6 is 0 Å². The fourth-order valence-electron chi connectivity index (χ4n) is 3.20. The van der Waals surface area contributed by atoms with Gasteiger partial charge in [0.1, 0.15) is 5.75 Å². The van der Waals surface area contributed by atoms with Gasteiger partial charge in [-0.05, 0) is 30.4 Å². The van der Waals surface area contributed by atoms with E-state index in [1.54, 1.807) is 0 Å². The molecular weight excluding hydrogens is 280 g/mol. The molecule has 0 amide bonds. The van der Waals surface area contributed by atoms with Gasteiger partial charge in [-0.3, -0.25) is 0 Å². The highest BCUT2D eigenvalue weighted by molar-refractivity contribution is 5.20. The summed E-state index contributed by atoms with van der Waals surface area (Å²) < 4.78 is 5.87. The molecule has 0 saturated heterocycles. The number of unbranched alkanes of at least 4 members (excludes halogenated alkanes) is 7. The molecule has 0 fully saturated rings. The number of para-hydroxylation sites is 1. The fourth-order valence-corrected chi connectivity index (χ4v) is 3.20. The van der Waals surface area contributed by atoms with E-state index in [0.717, 1.165) is 24.2 Å². The molecule has 132 valence electrons. The number of rotatable bonds is 14. The zero-order valence-electron chi connectivity index (χ0n) is 15.7. The van der Waals surface area contributed by atoms with Crippen molar-refractivity contribution in [3.63, 3.8) is 0 Å². The third-order valence-electron chi connectivity index (χ3n) is 4.87.